The number of nitrogens with two attached hydrogens (primary N) is 1. The fourth-order valence-corrected chi connectivity index (χ4v) is 2.42. The highest BCUT2D eigenvalue weighted by Crippen LogP contribution is 2.31. The summed E-state index contributed by atoms with van der Waals surface area (Å²) in [5, 5.41) is 16.6. The minimum atomic E-state index is -4.64. The summed E-state index contributed by atoms with van der Waals surface area (Å²) < 4.78 is 39.2. The predicted molar refractivity (Wildman–Crippen MR) is 62.2 cm³/mol. The number of H-pyrrole nitrogens is 1. The first-order valence-corrected chi connectivity index (χ1v) is 6.12. The Labute approximate surface area is 109 Å². The van der Waals surface area contributed by atoms with Crippen molar-refractivity contribution in [3.63, 3.8) is 0 Å². The standard InChI is InChI=1S/C8H12F3N5O2S/c1-2-16-6(17)13-14-7(16)19-3-4(5(12)15-18)8(9,10)11/h4,18H,2-3H2,1H3,(H2,12,15)(H,13,17). The Hall–Kier alpha value is -1.65. The van der Waals surface area contributed by atoms with Crippen LogP contribution in [0.15, 0.2) is 15.1 Å². The molecule has 0 aliphatic rings. The molecule has 0 bridgehead atoms. The van der Waals surface area contributed by atoms with Gasteiger partial charge in [-0.05, 0) is 6.92 Å². The van der Waals surface area contributed by atoms with Crippen LogP contribution in [0.25, 0.3) is 0 Å². The van der Waals surface area contributed by atoms with Crippen molar-refractivity contribution in [3.8, 4) is 0 Å². The zero-order valence-corrected chi connectivity index (χ0v) is 10.6. The number of thioether (sulfide) groups is 1. The summed E-state index contributed by atoms with van der Waals surface area (Å²) in [6, 6.07) is 0. The molecule has 0 amide bonds. The van der Waals surface area contributed by atoms with E-state index in [1.165, 1.54) is 4.57 Å². The molecule has 1 rings (SSSR count). The summed E-state index contributed by atoms with van der Waals surface area (Å²) >= 11 is 0.700. The van der Waals surface area contributed by atoms with Gasteiger partial charge in [0.1, 0.15) is 5.92 Å². The maximum Gasteiger partial charge on any atom is 0.399 e. The van der Waals surface area contributed by atoms with Crippen LogP contribution >= 0.6 is 11.8 Å². The molecule has 1 unspecified atom stereocenters. The lowest BCUT2D eigenvalue weighted by molar-refractivity contribution is -0.150. The van der Waals surface area contributed by atoms with Crippen LogP contribution in [0, 0.1) is 5.92 Å². The fraction of sp³-hybridized carbons (Fsp3) is 0.625. The van der Waals surface area contributed by atoms with Crippen LogP contribution in [0.2, 0.25) is 0 Å². The molecule has 108 valence electrons. The minimum absolute atomic E-state index is 0.118. The topological polar surface area (TPSA) is 109 Å². The molecule has 0 saturated carbocycles. The number of nitrogens with one attached hydrogen (secondary N) is 1. The smallest absolute Gasteiger partial charge is 0.399 e. The summed E-state index contributed by atoms with van der Waals surface area (Å²) in [5.41, 5.74) is 4.51. The summed E-state index contributed by atoms with van der Waals surface area (Å²) in [7, 11) is 0. The van der Waals surface area contributed by atoms with Gasteiger partial charge in [0, 0.05) is 12.3 Å². The summed E-state index contributed by atoms with van der Waals surface area (Å²) in [5.74, 6) is -3.58. The lowest BCUT2D eigenvalue weighted by Gasteiger charge is -2.17. The SMILES string of the molecule is CCn1c(SCC(C(N)=NO)C(F)(F)F)n[nH]c1=O. The number of amidine groups is 1. The normalized spacial score (nSPS) is 14.6. The van der Waals surface area contributed by atoms with E-state index in [2.05, 4.69) is 15.4 Å². The number of hydrogen-bond donors (Lipinski definition) is 3. The van der Waals surface area contributed by atoms with Crippen molar-refractivity contribution in [1.29, 1.82) is 0 Å². The van der Waals surface area contributed by atoms with E-state index >= 15 is 0 Å². The Bertz CT molecular complexity index is 509. The predicted octanol–water partition coefficient (Wildman–Crippen LogP) is 0.608. The highest BCUT2D eigenvalue weighted by atomic mass is 32.2. The minimum Gasteiger partial charge on any atom is -0.409 e. The molecule has 11 heteroatoms. The van der Waals surface area contributed by atoms with Crippen molar-refractivity contribution in [3.05, 3.63) is 10.5 Å². The largest absolute Gasteiger partial charge is 0.409 e. The number of nitrogens with zero attached hydrogens (tertiary/aromatic N) is 3. The van der Waals surface area contributed by atoms with Crippen LogP contribution in [0.5, 0.6) is 0 Å². The van der Waals surface area contributed by atoms with Crippen molar-refractivity contribution in [2.75, 3.05) is 5.75 Å². The third kappa shape index (κ3) is 3.66. The van der Waals surface area contributed by atoms with E-state index in [9.17, 15) is 18.0 Å². The third-order valence-corrected chi connectivity index (χ3v) is 3.36. The average Bonchev–Trinajstić information content (AvgIpc) is 2.68. The molecule has 0 radical (unpaired) electrons. The van der Waals surface area contributed by atoms with E-state index < -0.39 is 29.4 Å². The second kappa shape index (κ2) is 5.99. The van der Waals surface area contributed by atoms with E-state index in [1.54, 1.807) is 6.92 Å². The first-order valence-electron chi connectivity index (χ1n) is 5.13. The lowest BCUT2D eigenvalue weighted by Crippen LogP contribution is -2.37. The Balaban J connectivity index is 2.85. The van der Waals surface area contributed by atoms with Gasteiger partial charge in [-0.15, -0.1) is 5.10 Å². The van der Waals surface area contributed by atoms with Gasteiger partial charge in [0.15, 0.2) is 11.0 Å². The Morgan fingerprint density at radius 1 is 1.68 bits per heavy atom. The maximum atomic E-state index is 12.7. The molecule has 1 atom stereocenters. The molecule has 4 N–H and O–H groups in total. The lowest BCUT2D eigenvalue weighted by atomic mass is 10.1. The number of oxime groups is 1. The molecule has 1 heterocycles. The van der Waals surface area contributed by atoms with Gasteiger partial charge >= 0.3 is 11.9 Å². The Morgan fingerprint density at radius 2 is 2.32 bits per heavy atom. The molecule has 0 aliphatic heterocycles. The molecule has 1 aromatic heterocycles. The number of rotatable bonds is 5. The third-order valence-electron chi connectivity index (χ3n) is 2.29. The van der Waals surface area contributed by atoms with E-state index in [0.29, 0.717) is 11.8 Å². The number of alkyl halides is 3. The van der Waals surface area contributed by atoms with Crippen LogP contribution < -0.4 is 11.4 Å². The number of aromatic nitrogens is 3. The van der Waals surface area contributed by atoms with Gasteiger partial charge < -0.3 is 10.9 Å². The first-order chi connectivity index (χ1) is 8.81. The molecule has 0 saturated heterocycles. The number of hydrogen-bond acceptors (Lipinski definition) is 5. The van der Waals surface area contributed by atoms with Gasteiger partial charge in [0.25, 0.3) is 0 Å². The number of halogens is 3. The van der Waals surface area contributed by atoms with Gasteiger partial charge in [0.2, 0.25) is 0 Å². The summed E-state index contributed by atoms with van der Waals surface area (Å²) in [4.78, 5) is 11.2. The zero-order valence-electron chi connectivity index (χ0n) is 9.81. The van der Waals surface area contributed by atoms with Gasteiger partial charge in [0.05, 0.1) is 0 Å². The quantitative estimate of drug-likeness (QED) is 0.243. The molecular weight excluding hydrogens is 287 g/mol. The molecule has 0 spiro atoms. The van der Waals surface area contributed by atoms with Crippen LogP contribution in [0.4, 0.5) is 13.2 Å². The molecule has 19 heavy (non-hydrogen) atoms. The van der Waals surface area contributed by atoms with Crippen molar-refractivity contribution in [2.45, 2.75) is 24.8 Å². The number of aromatic amines is 1. The summed E-state index contributed by atoms with van der Waals surface area (Å²) in [6.45, 7) is 1.93. The highest BCUT2D eigenvalue weighted by Gasteiger charge is 2.43. The highest BCUT2D eigenvalue weighted by molar-refractivity contribution is 7.99. The second-order valence-electron chi connectivity index (χ2n) is 3.49. The van der Waals surface area contributed by atoms with Crippen LogP contribution in [-0.2, 0) is 6.54 Å². The second-order valence-corrected chi connectivity index (χ2v) is 4.47. The monoisotopic (exact) mass is 299 g/mol. The molecule has 0 aromatic carbocycles. The average molecular weight is 299 g/mol. The van der Waals surface area contributed by atoms with Gasteiger partial charge in [-0.25, -0.2) is 9.89 Å². The molecular formula is C8H12F3N5O2S. The fourth-order valence-electron chi connectivity index (χ4n) is 1.27. The molecule has 0 fully saturated rings. The molecule has 1 aromatic rings. The summed E-state index contributed by atoms with van der Waals surface area (Å²) in [6.07, 6.45) is -4.64. The molecule has 7 nitrogen and oxygen atoms in total. The van der Waals surface area contributed by atoms with E-state index in [1.807, 2.05) is 0 Å². The van der Waals surface area contributed by atoms with Crippen LogP contribution in [0.1, 0.15) is 6.92 Å². The zero-order chi connectivity index (χ0) is 14.6. The van der Waals surface area contributed by atoms with Crippen molar-refractivity contribution < 1.29 is 18.4 Å². The van der Waals surface area contributed by atoms with Crippen LogP contribution in [0.3, 0.4) is 0 Å². The molecule has 0 aliphatic carbocycles. The Kier molecular flexibility index (Phi) is 4.86. The van der Waals surface area contributed by atoms with E-state index in [0.717, 1.165) is 0 Å². The van der Waals surface area contributed by atoms with Gasteiger partial charge in [-0.1, -0.05) is 16.9 Å². The van der Waals surface area contributed by atoms with Gasteiger partial charge in [-0.3, -0.25) is 4.57 Å². The van der Waals surface area contributed by atoms with Crippen molar-refractivity contribution >= 4 is 17.6 Å². The van der Waals surface area contributed by atoms with Crippen molar-refractivity contribution in [2.24, 2.45) is 16.8 Å². The van der Waals surface area contributed by atoms with Crippen molar-refractivity contribution in [1.82, 2.24) is 14.8 Å². The van der Waals surface area contributed by atoms with Crippen LogP contribution in [-0.4, -0.2) is 37.7 Å². The van der Waals surface area contributed by atoms with Gasteiger partial charge in [-0.2, -0.15) is 13.2 Å². The van der Waals surface area contributed by atoms with E-state index in [-0.39, 0.29) is 11.7 Å². The first kappa shape index (κ1) is 15.4. The Morgan fingerprint density at radius 3 is 2.79 bits per heavy atom. The van der Waals surface area contributed by atoms with E-state index in [4.69, 9.17) is 10.9 Å². The maximum absolute atomic E-state index is 12.7.